The minimum absolute atomic E-state index is 0.177. The Morgan fingerprint density at radius 3 is 2.94 bits per heavy atom. The van der Waals surface area contributed by atoms with Crippen molar-refractivity contribution in [1.82, 2.24) is 9.97 Å². The first-order chi connectivity index (χ1) is 8.20. The summed E-state index contributed by atoms with van der Waals surface area (Å²) in [5.41, 5.74) is 1.85. The highest BCUT2D eigenvalue weighted by Gasteiger charge is 2.03. The number of halogens is 1. The fraction of sp³-hybridized carbons (Fsp3) is 0.167. The van der Waals surface area contributed by atoms with E-state index < -0.39 is 0 Å². The van der Waals surface area contributed by atoms with Crippen molar-refractivity contribution in [3.63, 3.8) is 0 Å². The zero-order valence-corrected chi connectivity index (χ0v) is 10.1. The molecule has 0 bridgehead atoms. The van der Waals surface area contributed by atoms with E-state index in [0.29, 0.717) is 16.7 Å². The molecule has 1 aromatic heterocycles. The molecule has 0 amide bonds. The standard InChI is InChI=1S/C12H12ClN3O/c1-8-9(13)3-2-4-10(8)15-11-5-6-14-12(7-17)16-11/h2-6,17H,7H2,1H3,(H,14,15,16). The molecule has 5 heteroatoms. The van der Waals surface area contributed by atoms with E-state index in [2.05, 4.69) is 15.3 Å². The van der Waals surface area contributed by atoms with Gasteiger partial charge in [0.05, 0.1) is 0 Å². The first-order valence-electron chi connectivity index (χ1n) is 5.15. The smallest absolute Gasteiger partial charge is 0.156 e. The number of rotatable bonds is 3. The van der Waals surface area contributed by atoms with Gasteiger partial charge in [0.25, 0.3) is 0 Å². The predicted octanol–water partition coefficient (Wildman–Crippen LogP) is 2.67. The van der Waals surface area contributed by atoms with Crippen LogP contribution in [0.3, 0.4) is 0 Å². The Morgan fingerprint density at radius 2 is 2.18 bits per heavy atom. The lowest BCUT2D eigenvalue weighted by Crippen LogP contribution is -2.00. The molecule has 0 aliphatic carbocycles. The molecule has 0 radical (unpaired) electrons. The zero-order valence-electron chi connectivity index (χ0n) is 9.31. The molecule has 17 heavy (non-hydrogen) atoms. The molecule has 0 saturated carbocycles. The molecule has 0 saturated heterocycles. The number of nitrogens with zero attached hydrogens (tertiary/aromatic N) is 2. The van der Waals surface area contributed by atoms with Crippen molar-refractivity contribution in [3.05, 3.63) is 46.9 Å². The van der Waals surface area contributed by atoms with Gasteiger partial charge in [-0.25, -0.2) is 9.97 Å². The van der Waals surface area contributed by atoms with Gasteiger partial charge in [0.15, 0.2) is 5.82 Å². The molecule has 1 heterocycles. The number of nitrogens with one attached hydrogen (secondary N) is 1. The van der Waals surface area contributed by atoms with E-state index in [1.165, 1.54) is 0 Å². The van der Waals surface area contributed by atoms with Crippen LogP contribution >= 0.6 is 11.6 Å². The summed E-state index contributed by atoms with van der Waals surface area (Å²) in [6.07, 6.45) is 1.60. The van der Waals surface area contributed by atoms with Crippen molar-refractivity contribution in [2.75, 3.05) is 5.32 Å². The van der Waals surface area contributed by atoms with Crippen molar-refractivity contribution < 1.29 is 5.11 Å². The summed E-state index contributed by atoms with van der Waals surface area (Å²) in [6, 6.07) is 7.36. The Bertz CT molecular complexity index is 531. The van der Waals surface area contributed by atoms with Gasteiger partial charge in [-0.2, -0.15) is 0 Å². The van der Waals surface area contributed by atoms with Crippen LogP contribution in [0.15, 0.2) is 30.5 Å². The van der Waals surface area contributed by atoms with Gasteiger partial charge in [-0.1, -0.05) is 17.7 Å². The third-order valence-electron chi connectivity index (χ3n) is 2.38. The third-order valence-corrected chi connectivity index (χ3v) is 2.79. The van der Waals surface area contributed by atoms with Gasteiger partial charge < -0.3 is 10.4 Å². The molecule has 2 N–H and O–H groups in total. The van der Waals surface area contributed by atoms with Crippen molar-refractivity contribution in [3.8, 4) is 0 Å². The van der Waals surface area contributed by atoms with E-state index in [-0.39, 0.29) is 6.61 Å². The fourth-order valence-electron chi connectivity index (χ4n) is 1.43. The Labute approximate surface area is 104 Å². The molecule has 0 spiro atoms. The van der Waals surface area contributed by atoms with Gasteiger partial charge in [-0.05, 0) is 30.7 Å². The second kappa shape index (κ2) is 5.12. The maximum atomic E-state index is 8.95. The van der Waals surface area contributed by atoms with E-state index in [1.807, 2.05) is 25.1 Å². The molecule has 2 rings (SSSR count). The molecule has 2 aromatic rings. The maximum absolute atomic E-state index is 8.95. The Balaban J connectivity index is 2.28. The van der Waals surface area contributed by atoms with Crippen molar-refractivity contribution in [2.24, 2.45) is 0 Å². The average molecular weight is 250 g/mol. The van der Waals surface area contributed by atoms with Crippen LogP contribution in [0.4, 0.5) is 11.5 Å². The van der Waals surface area contributed by atoms with Gasteiger partial charge in [0.2, 0.25) is 0 Å². The van der Waals surface area contributed by atoms with E-state index in [9.17, 15) is 0 Å². The van der Waals surface area contributed by atoms with Crippen LogP contribution in [-0.4, -0.2) is 15.1 Å². The molecule has 0 fully saturated rings. The number of anilines is 2. The van der Waals surface area contributed by atoms with Gasteiger partial charge in [0.1, 0.15) is 12.4 Å². The third kappa shape index (κ3) is 2.72. The molecule has 0 aliphatic heterocycles. The summed E-state index contributed by atoms with van der Waals surface area (Å²) in [7, 11) is 0. The summed E-state index contributed by atoms with van der Waals surface area (Å²) < 4.78 is 0. The number of aliphatic hydroxyl groups is 1. The first kappa shape index (κ1) is 11.8. The van der Waals surface area contributed by atoms with Gasteiger partial charge in [-0.3, -0.25) is 0 Å². The fourth-order valence-corrected chi connectivity index (χ4v) is 1.60. The molecular weight excluding hydrogens is 238 g/mol. The highest BCUT2D eigenvalue weighted by molar-refractivity contribution is 6.31. The average Bonchev–Trinajstić information content (AvgIpc) is 2.35. The molecule has 1 aromatic carbocycles. The second-order valence-corrected chi connectivity index (χ2v) is 3.96. The van der Waals surface area contributed by atoms with E-state index in [1.54, 1.807) is 12.3 Å². The minimum Gasteiger partial charge on any atom is -0.388 e. The molecule has 0 atom stereocenters. The Hall–Kier alpha value is -1.65. The summed E-state index contributed by atoms with van der Waals surface area (Å²) in [6.45, 7) is 1.75. The van der Waals surface area contributed by atoms with Crippen LogP contribution in [0.25, 0.3) is 0 Å². The van der Waals surface area contributed by atoms with Crippen LogP contribution in [-0.2, 0) is 6.61 Å². The number of benzene rings is 1. The summed E-state index contributed by atoms with van der Waals surface area (Å²) in [5, 5.41) is 12.8. The largest absolute Gasteiger partial charge is 0.388 e. The first-order valence-corrected chi connectivity index (χ1v) is 5.53. The lowest BCUT2D eigenvalue weighted by molar-refractivity contribution is 0.271. The molecular formula is C12H12ClN3O. The zero-order chi connectivity index (χ0) is 12.3. The number of aliphatic hydroxyl groups excluding tert-OH is 1. The van der Waals surface area contributed by atoms with Gasteiger partial charge >= 0.3 is 0 Å². The van der Waals surface area contributed by atoms with Gasteiger partial charge in [0, 0.05) is 16.9 Å². The van der Waals surface area contributed by atoms with Crippen LogP contribution in [0, 0.1) is 6.92 Å². The SMILES string of the molecule is Cc1c(Cl)cccc1Nc1ccnc(CO)n1. The summed E-state index contributed by atoms with van der Waals surface area (Å²) in [4.78, 5) is 8.05. The number of aromatic nitrogens is 2. The van der Waals surface area contributed by atoms with Crippen LogP contribution in [0.5, 0.6) is 0 Å². The topological polar surface area (TPSA) is 58.0 Å². The van der Waals surface area contributed by atoms with E-state index >= 15 is 0 Å². The predicted molar refractivity (Wildman–Crippen MR) is 67.4 cm³/mol. The lowest BCUT2D eigenvalue weighted by atomic mass is 10.2. The number of hydrogen-bond donors (Lipinski definition) is 2. The lowest BCUT2D eigenvalue weighted by Gasteiger charge is -2.10. The quantitative estimate of drug-likeness (QED) is 0.878. The van der Waals surface area contributed by atoms with Crippen molar-refractivity contribution >= 4 is 23.1 Å². The summed E-state index contributed by atoms with van der Waals surface area (Å²) >= 11 is 6.03. The van der Waals surface area contributed by atoms with E-state index in [4.69, 9.17) is 16.7 Å². The van der Waals surface area contributed by atoms with Crippen molar-refractivity contribution in [2.45, 2.75) is 13.5 Å². The Kier molecular flexibility index (Phi) is 3.56. The molecule has 4 nitrogen and oxygen atoms in total. The summed E-state index contributed by atoms with van der Waals surface area (Å²) in [5.74, 6) is 1.02. The van der Waals surface area contributed by atoms with Crippen LogP contribution < -0.4 is 5.32 Å². The molecule has 88 valence electrons. The molecule has 0 unspecified atom stereocenters. The van der Waals surface area contributed by atoms with Crippen LogP contribution in [0.2, 0.25) is 5.02 Å². The van der Waals surface area contributed by atoms with Crippen molar-refractivity contribution in [1.29, 1.82) is 0 Å². The highest BCUT2D eigenvalue weighted by Crippen LogP contribution is 2.25. The second-order valence-electron chi connectivity index (χ2n) is 3.55. The monoisotopic (exact) mass is 249 g/mol. The molecule has 0 aliphatic rings. The minimum atomic E-state index is -0.177. The Morgan fingerprint density at radius 1 is 1.35 bits per heavy atom. The number of hydrogen-bond acceptors (Lipinski definition) is 4. The maximum Gasteiger partial charge on any atom is 0.156 e. The highest BCUT2D eigenvalue weighted by atomic mass is 35.5. The van der Waals surface area contributed by atoms with Crippen LogP contribution in [0.1, 0.15) is 11.4 Å². The van der Waals surface area contributed by atoms with Gasteiger partial charge in [-0.15, -0.1) is 0 Å². The normalized spacial score (nSPS) is 10.3. The van der Waals surface area contributed by atoms with E-state index in [0.717, 1.165) is 11.3 Å².